The Bertz CT molecular complexity index is 384. The third-order valence-corrected chi connectivity index (χ3v) is 3.74. The van der Waals surface area contributed by atoms with Crippen LogP contribution in [0.3, 0.4) is 0 Å². The first-order valence-electron chi connectivity index (χ1n) is 6.99. The molecule has 0 amide bonds. The zero-order valence-corrected chi connectivity index (χ0v) is 10.8. The van der Waals surface area contributed by atoms with Gasteiger partial charge in [0.2, 0.25) is 0 Å². The van der Waals surface area contributed by atoms with Crippen LogP contribution in [0.25, 0.3) is 0 Å². The summed E-state index contributed by atoms with van der Waals surface area (Å²) in [5, 5.41) is 3.50. The Morgan fingerprint density at radius 3 is 3.00 bits per heavy atom. The molecule has 2 saturated heterocycles. The SMILES string of the molecule is c1cnc(N2CCCC2)c(NCC2CCCO2)c1. The normalized spacial score (nSPS) is 23.6. The second-order valence-corrected chi connectivity index (χ2v) is 5.08. The van der Waals surface area contributed by atoms with Gasteiger partial charge in [-0.3, -0.25) is 0 Å². The maximum atomic E-state index is 5.64. The fourth-order valence-corrected chi connectivity index (χ4v) is 2.74. The van der Waals surface area contributed by atoms with Gasteiger partial charge in [0.15, 0.2) is 5.82 Å². The number of nitrogens with one attached hydrogen (secondary N) is 1. The van der Waals surface area contributed by atoms with Gasteiger partial charge in [0.1, 0.15) is 0 Å². The number of hydrogen-bond acceptors (Lipinski definition) is 4. The van der Waals surface area contributed by atoms with Crippen LogP contribution in [0, 0.1) is 0 Å². The van der Waals surface area contributed by atoms with Crippen molar-refractivity contribution in [2.45, 2.75) is 31.8 Å². The summed E-state index contributed by atoms with van der Waals surface area (Å²) >= 11 is 0. The molecule has 98 valence electrons. The van der Waals surface area contributed by atoms with E-state index in [2.05, 4.69) is 21.3 Å². The number of ether oxygens (including phenoxy) is 1. The first kappa shape index (κ1) is 11.8. The molecule has 1 atom stereocenters. The summed E-state index contributed by atoms with van der Waals surface area (Å²) in [6, 6.07) is 4.12. The van der Waals surface area contributed by atoms with Gasteiger partial charge in [-0.1, -0.05) is 0 Å². The molecule has 4 heteroatoms. The average Bonchev–Trinajstić information content (AvgIpc) is 3.10. The zero-order valence-electron chi connectivity index (χ0n) is 10.8. The fraction of sp³-hybridized carbons (Fsp3) is 0.643. The van der Waals surface area contributed by atoms with Crippen LogP contribution in [0.15, 0.2) is 18.3 Å². The van der Waals surface area contributed by atoms with Crippen molar-refractivity contribution in [1.82, 2.24) is 4.98 Å². The van der Waals surface area contributed by atoms with Gasteiger partial charge in [0.05, 0.1) is 11.8 Å². The van der Waals surface area contributed by atoms with Crippen LogP contribution < -0.4 is 10.2 Å². The zero-order chi connectivity index (χ0) is 12.2. The summed E-state index contributed by atoms with van der Waals surface area (Å²) in [5.41, 5.74) is 1.15. The van der Waals surface area contributed by atoms with Gasteiger partial charge < -0.3 is 15.0 Å². The molecule has 3 heterocycles. The Hall–Kier alpha value is -1.29. The van der Waals surface area contributed by atoms with E-state index in [9.17, 15) is 0 Å². The van der Waals surface area contributed by atoms with Gasteiger partial charge in [-0.25, -0.2) is 4.98 Å². The van der Waals surface area contributed by atoms with E-state index in [1.807, 2.05) is 12.3 Å². The van der Waals surface area contributed by atoms with Crippen LogP contribution >= 0.6 is 0 Å². The van der Waals surface area contributed by atoms with Crippen LogP contribution in [0.2, 0.25) is 0 Å². The van der Waals surface area contributed by atoms with Gasteiger partial charge in [0.25, 0.3) is 0 Å². The molecule has 1 N–H and O–H groups in total. The second kappa shape index (κ2) is 5.57. The molecule has 3 rings (SSSR count). The molecule has 2 aliphatic heterocycles. The Morgan fingerprint density at radius 1 is 1.33 bits per heavy atom. The molecule has 4 nitrogen and oxygen atoms in total. The molecular formula is C14H21N3O. The summed E-state index contributed by atoms with van der Waals surface area (Å²) in [6.07, 6.45) is 7.18. The number of rotatable bonds is 4. The van der Waals surface area contributed by atoms with Crippen molar-refractivity contribution in [3.8, 4) is 0 Å². The van der Waals surface area contributed by atoms with E-state index in [0.29, 0.717) is 6.10 Å². The molecule has 2 fully saturated rings. The van der Waals surface area contributed by atoms with Gasteiger partial charge in [-0.2, -0.15) is 0 Å². The highest BCUT2D eigenvalue weighted by atomic mass is 16.5. The topological polar surface area (TPSA) is 37.4 Å². The number of pyridine rings is 1. The lowest BCUT2D eigenvalue weighted by molar-refractivity contribution is 0.120. The highest BCUT2D eigenvalue weighted by molar-refractivity contribution is 5.65. The Morgan fingerprint density at radius 2 is 2.22 bits per heavy atom. The van der Waals surface area contributed by atoms with Crippen molar-refractivity contribution in [1.29, 1.82) is 0 Å². The van der Waals surface area contributed by atoms with Crippen molar-refractivity contribution in [3.05, 3.63) is 18.3 Å². The molecule has 2 aliphatic rings. The van der Waals surface area contributed by atoms with Crippen molar-refractivity contribution >= 4 is 11.5 Å². The maximum Gasteiger partial charge on any atom is 0.151 e. The number of anilines is 2. The minimum Gasteiger partial charge on any atom is -0.379 e. The molecule has 0 saturated carbocycles. The van der Waals surface area contributed by atoms with E-state index < -0.39 is 0 Å². The highest BCUT2D eigenvalue weighted by Crippen LogP contribution is 2.26. The minimum atomic E-state index is 0.372. The first-order chi connectivity index (χ1) is 8.93. The van der Waals surface area contributed by atoms with Crippen LogP contribution in [0.4, 0.5) is 11.5 Å². The van der Waals surface area contributed by atoms with E-state index in [1.54, 1.807) is 0 Å². The van der Waals surface area contributed by atoms with Crippen molar-refractivity contribution in [2.75, 3.05) is 36.5 Å². The molecule has 18 heavy (non-hydrogen) atoms. The molecule has 0 aliphatic carbocycles. The summed E-state index contributed by atoms with van der Waals surface area (Å²) in [4.78, 5) is 6.90. The largest absolute Gasteiger partial charge is 0.379 e. The highest BCUT2D eigenvalue weighted by Gasteiger charge is 2.19. The van der Waals surface area contributed by atoms with E-state index >= 15 is 0 Å². The van der Waals surface area contributed by atoms with Crippen molar-refractivity contribution < 1.29 is 4.74 Å². The van der Waals surface area contributed by atoms with Crippen molar-refractivity contribution in [3.63, 3.8) is 0 Å². The van der Waals surface area contributed by atoms with E-state index in [0.717, 1.165) is 37.7 Å². The van der Waals surface area contributed by atoms with E-state index in [4.69, 9.17) is 4.74 Å². The Labute approximate surface area is 108 Å². The van der Waals surface area contributed by atoms with Gasteiger partial charge in [-0.15, -0.1) is 0 Å². The lowest BCUT2D eigenvalue weighted by Gasteiger charge is -2.21. The maximum absolute atomic E-state index is 5.64. The van der Waals surface area contributed by atoms with Gasteiger partial charge in [0, 0.05) is 32.4 Å². The summed E-state index contributed by atoms with van der Waals surface area (Å²) < 4.78 is 5.64. The average molecular weight is 247 g/mol. The third kappa shape index (κ3) is 2.58. The van der Waals surface area contributed by atoms with Crippen LogP contribution in [0.5, 0.6) is 0 Å². The minimum absolute atomic E-state index is 0.372. The van der Waals surface area contributed by atoms with Crippen molar-refractivity contribution in [2.24, 2.45) is 0 Å². The lowest BCUT2D eigenvalue weighted by Crippen LogP contribution is -2.23. The molecule has 1 aromatic rings. The number of nitrogens with zero attached hydrogens (tertiary/aromatic N) is 2. The number of hydrogen-bond donors (Lipinski definition) is 1. The molecule has 1 unspecified atom stereocenters. The van der Waals surface area contributed by atoms with Crippen LogP contribution in [0.1, 0.15) is 25.7 Å². The molecule has 0 radical (unpaired) electrons. The molecular weight excluding hydrogens is 226 g/mol. The smallest absolute Gasteiger partial charge is 0.151 e. The standard InChI is InChI=1S/C14H21N3O/c1-2-9-17(8-1)14-13(6-3-7-15-14)16-11-12-5-4-10-18-12/h3,6-7,12,16H,1-2,4-5,8-11H2. The molecule has 0 bridgehead atoms. The predicted molar refractivity (Wildman–Crippen MR) is 73.1 cm³/mol. The lowest BCUT2D eigenvalue weighted by atomic mass is 10.2. The monoisotopic (exact) mass is 247 g/mol. The van der Waals surface area contributed by atoms with Gasteiger partial charge >= 0.3 is 0 Å². The van der Waals surface area contributed by atoms with E-state index in [1.165, 1.54) is 25.7 Å². The Kier molecular flexibility index (Phi) is 3.64. The quantitative estimate of drug-likeness (QED) is 0.885. The van der Waals surface area contributed by atoms with Crippen LogP contribution in [-0.4, -0.2) is 37.3 Å². The first-order valence-corrected chi connectivity index (χ1v) is 6.99. The summed E-state index contributed by atoms with van der Waals surface area (Å²) in [5.74, 6) is 1.10. The molecule has 0 aromatic carbocycles. The summed E-state index contributed by atoms with van der Waals surface area (Å²) in [6.45, 7) is 4.07. The Balaban J connectivity index is 1.66. The van der Waals surface area contributed by atoms with Crippen LogP contribution in [-0.2, 0) is 4.74 Å². The predicted octanol–water partition coefficient (Wildman–Crippen LogP) is 2.27. The van der Waals surface area contributed by atoms with Gasteiger partial charge in [-0.05, 0) is 37.8 Å². The second-order valence-electron chi connectivity index (χ2n) is 5.08. The third-order valence-electron chi connectivity index (χ3n) is 3.74. The molecule has 1 aromatic heterocycles. The fourth-order valence-electron chi connectivity index (χ4n) is 2.74. The summed E-state index contributed by atoms with van der Waals surface area (Å²) in [7, 11) is 0. The molecule has 0 spiro atoms. The van der Waals surface area contributed by atoms with E-state index in [-0.39, 0.29) is 0 Å². The number of aromatic nitrogens is 1.